The lowest BCUT2D eigenvalue weighted by Crippen LogP contribution is -2.20. The molecule has 3 nitrogen and oxygen atoms in total. The van der Waals surface area contributed by atoms with E-state index in [4.69, 9.17) is 11.6 Å². The number of nitrogens with zero attached hydrogens (tertiary/aromatic N) is 2. The van der Waals surface area contributed by atoms with Gasteiger partial charge in [-0.15, -0.1) is 0 Å². The fourth-order valence-electron chi connectivity index (χ4n) is 2.20. The lowest BCUT2D eigenvalue weighted by atomic mass is 10.1. The number of hydrogen-bond donors (Lipinski definition) is 1. The van der Waals surface area contributed by atoms with E-state index in [-0.39, 0.29) is 0 Å². The molecular formula is C16H20ClN3. The lowest BCUT2D eigenvalue weighted by molar-refractivity contribution is 0.798. The minimum absolute atomic E-state index is 0.770. The van der Waals surface area contributed by atoms with Crippen molar-refractivity contribution in [2.24, 2.45) is 0 Å². The summed E-state index contributed by atoms with van der Waals surface area (Å²) in [5, 5.41) is 3.96. The first-order valence-corrected chi connectivity index (χ1v) is 7.03. The van der Waals surface area contributed by atoms with Crippen molar-refractivity contribution in [1.82, 2.24) is 10.3 Å². The number of hydrogen-bond acceptors (Lipinski definition) is 3. The summed E-state index contributed by atoms with van der Waals surface area (Å²) < 4.78 is 0. The lowest BCUT2D eigenvalue weighted by Gasteiger charge is -2.23. The Morgan fingerprint density at radius 2 is 1.95 bits per heavy atom. The molecule has 0 radical (unpaired) electrons. The maximum Gasteiger partial charge on any atom is 0.0445 e. The number of aromatic nitrogens is 1. The van der Waals surface area contributed by atoms with E-state index in [1.807, 2.05) is 32.3 Å². The Bertz CT molecular complexity index is 566. The van der Waals surface area contributed by atoms with Crippen LogP contribution < -0.4 is 10.2 Å². The van der Waals surface area contributed by atoms with Crippen LogP contribution in [0.1, 0.15) is 16.8 Å². The predicted octanol–water partition coefficient (Wildman–Crippen LogP) is 3.40. The molecule has 106 valence electrons. The van der Waals surface area contributed by atoms with Gasteiger partial charge in [0, 0.05) is 48.3 Å². The first-order valence-electron chi connectivity index (χ1n) is 6.66. The van der Waals surface area contributed by atoms with Gasteiger partial charge in [0.05, 0.1) is 0 Å². The van der Waals surface area contributed by atoms with Crippen molar-refractivity contribution in [3.05, 3.63) is 58.4 Å². The SMILES string of the molecule is CNCc1cnc(C)cc1N(C)Cc1ccc(Cl)cc1. The van der Waals surface area contributed by atoms with E-state index in [1.54, 1.807) is 0 Å². The van der Waals surface area contributed by atoms with Gasteiger partial charge < -0.3 is 10.2 Å². The average Bonchev–Trinajstić information content (AvgIpc) is 2.43. The number of benzene rings is 1. The molecule has 0 saturated heterocycles. The second-order valence-electron chi connectivity index (χ2n) is 4.97. The Morgan fingerprint density at radius 1 is 1.25 bits per heavy atom. The Hall–Kier alpha value is -1.58. The van der Waals surface area contributed by atoms with Gasteiger partial charge in [0.1, 0.15) is 0 Å². The first kappa shape index (κ1) is 14.8. The zero-order valence-electron chi connectivity index (χ0n) is 12.2. The maximum atomic E-state index is 5.92. The summed E-state index contributed by atoms with van der Waals surface area (Å²) in [6, 6.07) is 10.1. The highest BCUT2D eigenvalue weighted by molar-refractivity contribution is 6.30. The molecule has 0 aliphatic heterocycles. The highest BCUT2D eigenvalue weighted by Crippen LogP contribution is 2.22. The maximum absolute atomic E-state index is 5.92. The van der Waals surface area contributed by atoms with E-state index in [2.05, 4.69) is 40.4 Å². The van der Waals surface area contributed by atoms with Gasteiger partial charge in [-0.3, -0.25) is 4.98 Å². The van der Waals surface area contributed by atoms with Crippen molar-refractivity contribution >= 4 is 17.3 Å². The van der Waals surface area contributed by atoms with Crippen LogP contribution in [-0.2, 0) is 13.1 Å². The third-order valence-electron chi connectivity index (χ3n) is 3.21. The Morgan fingerprint density at radius 3 is 2.60 bits per heavy atom. The molecule has 0 saturated carbocycles. The highest BCUT2D eigenvalue weighted by Gasteiger charge is 2.09. The summed E-state index contributed by atoms with van der Waals surface area (Å²) in [4.78, 5) is 6.62. The molecule has 0 amide bonds. The average molecular weight is 290 g/mol. The molecule has 4 heteroatoms. The van der Waals surface area contributed by atoms with Crippen molar-refractivity contribution in [1.29, 1.82) is 0 Å². The quantitative estimate of drug-likeness (QED) is 0.914. The number of rotatable bonds is 5. The van der Waals surface area contributed by atoms with Crippen molar-refractivity contribution in [3.63, 3.8) is 0 Å². The van der Waals surface area contributed by atoms with Crippen molar-refractivity contribution < 1.29 is 0 Å². The van der Waals surface area contributed by atoms with E-state index in [0.29, 0.717) is 0 Å². The fraction of sp³-hybridized carbons (Fsp3) is 0.312. The van der Waals surface area contributed by atoms with E-state index in [0.717, 1.165) is 23.8 Å². The Labute approximate surface area is 125 Å². The van der Waals surface area contributed by atoms with Gasteiger partial charge in [-0.2, -0.15) is 0 Å². The smallest absolute Gasteiger partial charge is 0.0445 e. The second kappa shape index (κ2) is 6.73. The predicted molar refractivity (Wildman–Crippen MR) is 85.3 cm³/mol. The monoisotopic (exact) mass is 289 g/mol. The number of halogens is 1. The summed E-state index contributed by atoms with van der Waals surface area (Å²) in [5.74, 6) is 0. The van der Waals surface area contributed by atoms with Crippen molar-refractivity contribution in [2.45, 2.75) is 20.0 Å². The molecule has 1 aromatic carbocycles. The van der Waals surface area contributed by atoms with Crippen LogP contribution in [0.3, 0.4) is 0 Å². The Kier molecular flexibility index (Phi) is 4.99. The Balaban J connectivity index is 2.21. The summed E-state index contributed by atoms with van der Waals surface area (Å²) in [6.07, 6.45) is 1.94. The molecule has 0 unspecified atom stereocenters. The van der Waals surface area contributed by atoms with Crippen LogP contribution in [0.5, 0.6) is 0 Å². The molecule has 0 aliphatic carbocycles. The molecule has 2 aromatic rings. The van der Waals surface area contributed by atoms with E-state index in [1.165, 1.54) is 16.8 Å². The van der Waals surface area contributed by atoms with Crippen molar-refractivity contribution in [2.75, 3.05) is 19.0 Å². The van der Waals surface area contributed by atoms with Crippen LogP contribution in [0.25, 0.3) is 0 Å². The molecule has 0 bridgehead atoms. The molecule has 1 aromatic heterocycles. The normalized spacial score (nSPS) is 10.6. The fourth-order valence-corrected chi connectivity index (χ4v) is 2.33. The van der Waals surface area contributed by atoms with Gasteiger partial charge >= 0.3 is 0 Å². The molecule has 1 heterocycles. The third kappa shape index (κ3) is 3.71. The summed E-state index contributed by atoms with van der Waals surface area (Å²) >= 11 is 5.92. The molecule has 0 fully saturated rings. The van der Waals surface area contributed by atoms with Crippen LogP contribution in [0.15, 0.2) is 36.5 Å². The molecular weight excluding hydrogens is 270 g/mol. The van der Waals surface area contributed by atoms with Crippen LogP contribution in [-0.4, -0.2) is 19.1 Å². The zero-order valence-corrected chi connectivity index (χ0v) is 12.9. The third-order valence-corrected chi connectivity index (χ3v) is 3.46. The minimum atomic E-state index is 0.770. The molecule has 0 spiro atoms. The van der Waals surface area contributed by atoms with Crippen LogP contribution >= 0.6 is 11.6 Å². The molecule has 0 atom stereocenters. The van der Waals surface area contributed by atoms with Crippen LogP contribution in [0, 0.1) is 6.92 Å². The van der Waals surface area contributed by atoms with E-state index < -0.39 is 0 Å². The number of pyridine rings is 1. The number of nitrogens with one attached hydrogen (secondary N) is 1. The molecule has 0 aliphatic rings. The van der Waals surface area contributed by atoms with E-state index in [9.17, 15) is 0 Å². The largest absolute Gasteiger partial charge is 0.370 e. The number of anilines is 1. The van der Waals surface area contributed by atoms with Crippen LogP contribution in [0.2, 0.25) is 5.02 Å². The summed E-state index contributed by atoms with van der Waals surface area (Å²) in [5.41, 5.74) is 4.68. The molecule has 1 N–H and O–H groups in total. The first-order chi connectivity index (χ1) is 9.60. The standard InChI is InChI=1S/C16H20ClN3/c1-12-8-16(14(9-18-2)10-19-12)20(3)11-13-4-6-15(17)7-5-13/h4-8,10,18H,9,11H2,1-3H3. The zero-order chi connectivity index (χ0) is 14.5. The van der Waals surface area contributed by atoms with Gasteiger partial charge in [0.2, 0.25) is 0 Å². The molecule has 20 heavy (non-hydrogen) atoms. The van der Waals surface area contributed by atoms with Crippen LogP contribution in [0.4, 0.5) is 5.69 Å². The van der Waals surface area contributed by atoms with Gasteiger partial charge in [-0.1, -0.05) is 23.7 Å². The number of aryl methyl sites for hydroxylation is 1. The van der Waals surface area contributed by atoms with Crippen molar-refractivity contribution in [3.8, 4) is 0 Å². The van der Waals surface area contributed by atoms with Gasteiger partial charge in [0.15, 0.2) is 0 Å². The molecule has 2 rings (SSSR count). The second-order valence-corrected chi connectivity index (χ2v) is 5.40. The topological polar surface area (TPSA) is 28.2 Å². The van der Waals surface area contributed by atoms with Gasteiger partial charge in [-0.25, -0.2) is 0 Å². The minimum Gasteiger partial charge on any atom is -0.370 e. The van der Waals surface area contributed by atoms with E-state index >= 15 is 0 Å². The highest BCUT2D eigenvalue weighted by atomic mass is 35.5. The van der Waals surface area contributed by atoms with Gasteiger partial charge in [-0.05, 0) is 37.7 Å². The summed E-state index contributed by atoms with van der Waals surface area (Å²) in [7, 11) is 4.05. The van der Waals surface area contributed by atoms with Gasteiger partial charge in [0.25, 0.3) is 0 Å². The summed E-state index contributed by atoms with van der Waals surface area (Å²) in [6.45, 7) is 3.67.